The lowest BCUT2D eigenvalue weighted by Crippen LogP contribution is -2.58. The summed E-state index contributed by atoms with van der Waals surface area (Å²) >= 11 is 0. The number of anilines is 2. The van der Waals surface area contributed by atoms with Crippen LogP contribution in [0, 0.1) is 17.8 Å². The summed E-state index contributed by atoms with van der Waals surface area (Å²) in [5.74, 6) is 2.58. The summed E-state index contributed by atoms with van der Waals surface area (Å²) in [5.41, 5.74) is 2.44. The van der Waals surface area contributed by atoms with E-state index in [1.807, 2.05) is 18.2 Å². The zero-order valence-electron chi connectivity index (χ0n) is 18.4. The second kappa shape index (κ2) is 8.81. The van der Waals surface area contributed by atoms with Crippen molar-refractivity contribution in [3.05, 3.63) is 24.3 Å². The Hall–Kier alpha value is -2.08. The summed E-state index contributed by atoms with van der Waals surface area (Å²) in [6, 6.07) is 7.71. The Balaban J connectivity index is 1.02. The summed E-state index contributed by atoms with van der Waals surface area (Å²) < 4.78 is 0. The Kier molecular flexibility index (Phi) is 5.91. The smallest absolute Gasteiger partial charge is 0.249 e. The highest BCUT2D eigenvalue weighted by Gasteiger charge is 2.50. The van der Waals surface area contributed by atoms with Gasteiger partial charge in [-0.25, -0.2) is 0 Å². The topological polar surface area (TPSA) is 82.3 Å². The largest absolute Gasteiger partial charge is 0.385 e. The van der Waals surface area contributed by atoms with E-state index in [4.69, 9.17) is 0 Å². The van der Waals surface area contributed by atoms with E-state index in [0.717, 1.165) is 48.6 Å². The summed E-state index contributed by atoms with van der Waals surface area (Å²) in [5, 5.41) is 13.1. The molecule has 6 rings (SSSR count). The monoisotopic (exact) mass is 424 g/mol. The van der Waals surface area contributed by atoms with Gasteiger partial charge in [-0.1, -0.05) is 6.07 Å². The molecule has 1 unspecified atom stereocenters. The number of imide groups is 1. The van der Waals surface area contributed by atoms with Crippen molar-refractivity contribution in [2.24, 2.45) is 17.8 Å². The summed E-state index contributed by atoms with van der Waals surface area (Å²) in [6.07, 6.45) is 12.0. The molecule has 168 valence electrons. The first kappa shape index (κ1) is 20.8. The normalized spacial score (nSPS) is 33.9. The average molecular weight is 425 g/mol. The first-order chi connectivity index (χ1) is 15.1. The van der Waals surface area contributed by atoms with Crippen molar-refractivity contribution < 1.29 is 9.59 Å². The van der Waals surface area contributed by atoms with Crippen LogP contribution in [0.25, 0.3) is 0 Å². The summed E-state index contributed by atoms with van der Waals surface area (Å²) in [7, 11) is 0. The van der Waals surface area contributed by atoms with Crippen molar-refractivity contribution >= 4 is 23.2 Å². The van der Waals surface area contributed by atoms with Crippen molar-refractivity contribution in [3.8, 4) is 0 Å². The number of carbonyl (C=O) groups excluding carboxylic acids is 2. The van der Waals surface area contributed by atoms with Gasteiger partial charge in [-0.2, -0.15) is 0 Å². The highest BCUT2D eigenvalue weighted by atomic mass is 16.2. The summed E-state index contributed by atoms with van der Waals surface area (Å²) in [6.45, 7) is 2.08. The highest BCUT2D eigenvalue weighted by Crippen LogP contribution is 2.55. The van der Waals surface area contributed by atoms with Crippen LogP contribution in [0.5, 0.6) is 0 Å². The van der Waals surface area contributed by atoms with E-state index in [9.17, 15) is 9.59 Å². The molecule has 0 aromatic heterocycles. The van der Waals surface area contributed by atoms with E-state index < -0.39 is 0 Å². The molecule has 4 N–H and O–H groups in total. The first-order valence-corrected chi connectivity index (χ1v) is 12.3. The molecular weight excluding hydrogens is 388 g/mol. The summed E-state index contributed by atoms with van der Waals surface area (Å²) in [4.78, 5) is 23.3. The van der Waals surface area contributed by atoms with Gasteiger partial charge in [0.05, 0.1) is 0 Å². The average Bonchev–Trinajstić information content (AvgIpc) is 2.72. The van der Waals surface area contributed by atoms with E-state index >= 15 is 0 Å². The number of amides is 2. The molecular formula is C25H36N4O2. The third kappa shape index (κ3) is 4.89. The van der Waals surface area contributed by atoms with Gasteiger partial charge in [-0.15, -0.1) is 0 Å². The van der Waals surface area contributed by atoms with Gasteiger partial charge in [0, 0.05) is 29.9 Å². The molecule has 6 nitrogen and oxygen atoms in total. The third-order valence-corrected chi connectivity index (χ3v) is 7.91. The maximum absolute atomic E-state index is 12.0. The molecule has 4 aliphatic carbocycles. The molecule has 2 amide bonds. The van der Waals surface area contributed by atoms with E-state index in [0.29, 0.717) is 18.4 Å². The number of hydrogen-bond acceptors (Lipinski definition) is 5. The van der Waals surface area contributed by atoms with E-state index in [1.165, 1.54) is 44.9 Å². The molecule has 5 aliphatic rings. The lowest BCUT2D eigenvalue weighted by atomic mass is 9.53. The molecule has 5 fully saturated rings. The molecule has 0 radical (unpaired) electrons. The molecule has 1 aliphatic heterocycles. The van der Waals surface area contributed by atoms with E-state index in [2.05, 4.69) is 27.3 Å². The molecule has 1 saturated heterocycles. The predicted octanol–water partition coefficient (Wildman–Crippen LogP) is 3.65. The number of piperidine rings is 1. The number of rotatable bonds is 9. The maximum Gasteiger partial charge on any atom is 0.249 e. The molecule has 0 spiro atoms. The standard InChI is InChI=1S/C25H36N4O2/c30-23-7-6-22(24(31)29-23)28-21-5-3-4-20(13-21)26-8-1-2-9-27-25-14-17-10-18(15-25)12-19(11-17)16-25/h3-5,13,17-19,22,26-28H,1-2,6-12,14-16H2,(H,29,30,31). The van der Waals surface area contributed by atoms with Crippen LogP contribution in [-0.4, -0.2) is 36.5 Å². The minimum atomic E-state index is -0.344. The van der Waals surface area contributed by atoms with Crippen LogP contribution in [0.4, 0.5) is 11.4 Å². The molecule has 1 aromatic carbocycles. The molecule has 4 bridgehead atoms. The van der Waals surface area contributed by atoms with Crippen molar-refractivity contribution in [1.29, 1.82) is 0 Å². The second-order valence-electron chi connectivity index (χ2n) is 10.5. The van der Waals surface area contributed by atoms with Gasteiger partial charge in [0.2, 0.25) is 11.8 Å². The molecule has 4 saturated carbocycles. The van der Waals surface area contributed by atoms with E-state index in [1.54, 1.807) is 0 Å². The fourth-order valence-corrected chi connectivity index (χ4v) is 6.91. The third-order valence-electron chi connectivity index (χ3n) is 7.91. The molecule has 1 aromatic rings. The second-order valence-corrected chi connectivity index (χ2v) is 10.5. The van der Waals surface area contributed by atoms with Gasteiger partial charge >= 0.3 is 0 Å². The minimum absolute atomic E-state index is 0.184. The Bertz CT molecular complexity index is 788. The lowest BCUT2D eigenvalue weighted by molar-refractivity contribution is -0.133. The van der Waals surface area contributed by atoms with E-state index in [-0.39, 0.29) is 17.9 Å². The van der Waals surface area contributed by atoms with Crippen LogP contribution in [0.3, 0.4) is 0 Å². The number of carbonyl (C=O) groups is 2. The number of hydrogen-bond donors (Lipinski definition) is 4. The maximum atomic E-state index is 12.0. The fourth-order valence-electron chi connectivity index (χ4n) is 6.91. The molecule has 1 heterocycles. The van der Waals surface area contributed by atoms with Crippen LogP contribution in [0.2, 0.25) is 0 Å². The lowest BCUT2D eigenvalue weighted by Gasteiger charge is -2.57. The van der Waals surface area contributed by atoms with Gasteiger partial charge in [0.15, 0.2) is 0 Å². The van der Waals surface area contributed by atoms with Crippen molar-refractivity contribution in [2.75, 3.05) is 23.7 Å². The van der Waals surface area contributed by atoms with Gasteiger partial charge < -0.3 is 16.0 Å². The Morgan fingerprint density at radius 1 is 0.935 bits per heavy atom. The van der Waals surface area contributed by atoms with Crippen LogP contribution < -0.4 is 21.3 Å². The first-order valence-electron chi connectivity index (χ1n) is 12.3. The number of benzene rings is 1. The predicted molar refractivity (Wildman–Crippen MR) is 123 cm³/mol. The number of nitrogens with one attached hydrogen (secondary N) is 4. The highest BCUT2D eigenvalue weighted by molar-refractivity contribution is 6.01. The minimum Gasteiger partial charge on any atom is -0.385 e. The Morgan fingerprint density at radius 2 is 1.61 bits per heavy atom. The van der Waals surface area contributed by atoms with Crippen LogP contribution in [0.15, 0.2) is 24.3 Å². The fraction of sp³-hybridized carbons (Fsp3) is 0.680. The van der Waals surface area contributed by atoms with Crippen LogP contribution in [-0.2, 0) is 9.59 Å². The van der Waals surface area contributed by atoms with Crippen molar-refractivity contribution in [1.82, 2.24) is 10.6 Å². The SMILES string of the molecule is O=C1CCC(Nc2cccc(NCCCCNC34CC5CC(CC(C5)C3)C4)c2)C(=O)N1. The number of unbranched alkanes of at least 4 members (excludes halogenated alkanes) is 1. The zero-order chi connectivity index (χ0) is 21.3. The Morgan fingerprint density at radius 3 is 2.32 bits per heavy atom. The van der Waals surface area contributed by atoms with Gasteiger partial charge in [0.1, 0.15) is 6.04 Å². The molecule has 31 heavy (non-hydrogen) atoms. The zero-order valence-corrected chi connectivity index (χ0v) is 18.4. The van der Waals surface area contributed by atoms with Crippen molar-refractivity contribution in [2.45, 2.75) is 75.8 Å². The molecule has 1 atom stereocenters. The van der Waals surface area contributed by atoms with Gasteiger partial charge in [-0.05, 0) is 100 Å². The Labute approximate surface area is 185 Å². The van der Waals surface area contributed by atoms with Crippen LogP contribution >= 0.6 is 0 Å². The van der Waals surface area contributed by atoms with Crippen molar-refractivity contribution in [3.63, 3.8) is 0 Å². The van der Waals surface area contributed by atoms with Gasteiger partial charge in [-0.3, -0.25) is 14.9 Å². The quantitative estimate of drug-likeness (QED) is 0.359. The molecule has 6 heteroatoms. The van der Waals surface area contributed by atoms with Gasteiger partial charge in [0.25, 0.3) is 0 Å². The van der Waals surface area contributed by atoms with Crippen LogP contribution in [0.1, 0.15) is 64.2 Å².